The van der Waals surface area contributed by atoms with Crippen LogP contribution in [0, 0.1) is 0 Å². The summed E-state index contributed by atoms with van der Waals surface area (Å²) in [6.07, 6.45) is 1.09. The van der Waals surface area contributed by atoms with Gasteiger partial charge in [-0.3, -0.25) is 9.69 Å². The maximum atomic E-state index is 11.2. The van der Waals surface area contributed by atoms with Crippen molar-refractivity contribution >= 4 is 5.91 Å². The van der Waals surface area contributed by atoms with Gasteiger partial charge < -0.3 is 11.1 Å². The number of rotatable bonds is 8. The summed E-state index contributed by atoms with van der Waals surface area (Å²) >= 11 is 0. The SMILES string of the molecule is CCCN(CC(NCC)C(N)=O)C(C)C. The first-order valence-corrected chi connectivity index (χ1v) is 5.79. The lowest BCUT2D eigenvalue weighted by atomic mass is 10.2. The number of hydrogen-bond donors (Lipinski definition) is 2. The maximum absolute atomic E-state index is 11.2. The van der Waals surface area contributed by atoms with Gasteiger partial charge in [0.1, 0.15) is 0 Å². The second kappa shape index (κ2) is 7.65. The molecule has 0 fully saturated rings. The zero-order valence-corrected chi connectivity index (χ0v) is 10.4. The number of carbonyl (C=O) groups is 1. The van der Waals surface area contributed by atoms with E-state index in [1.807, 2.05) is 6.92 Å². The summed E-state index contributed by atoms with van der Waals surface area (Å²) in [4.78, 5) is 13.5. The number of likely N-dealkylation sites (N-methyl/N-ethyl adjacent to an activating group) is 1. The fraction of sp³-hybridized carbons (Fsp3) is 0.909. The molecule has 0 aromatic heterocycles. The summed E-state index contributed by atoms with van der Waals surface area (Å²) < 4.78 is 0. The van der Waals surface area contributed by atoms with Gasteiger partial charge in [-0.1, -0.05) is 13.8 Å². The van der Waals surface area contributed by atoms with E-state index >= 15 is 0 Å². The Kier molecular flexibility index (Phi) is 7.34. The molecule has 0 aliphatic heterocycles. The molecule has 0 saturated carbocycles. The van der Waals surface area contributed by atoms with Crippen LogP contribution in [0.1, 0.15) is 34.1 Å². The Bertz CT molecular complexity index is 183. The number of carbonyl (C=O) groups excluding carboxylic acids is 1. The maximum Gasteiger partial charge on any atom is 0.235 e. The summed E-state index contributed by atoms with van der Waals surface area (Å²) in [5.74, 6) is -0.265. The summed E-state index contributed by atoms with van der Waals surface area (Å²) in [7, 11) is 0. The van der Waals surface area contributed by atoms with Crippen LogP contribution in [0.15, 0.2) is 0 Å². The summed E-state index contributed by atoms with van der Waals surface area (Å²) in [5.41, 5.74) is 5.34. The van der Waals surface area contributed by atoms with Gasteiger partial charge in [-0.2, -0.15) is 0 Å². The van der Waals surface area contributed by atoms with Crippen molar-refractivity contribution in [3.63, 3.8) is 0 Å². The summed E-state index contributed by atoms with van der Waals surface area (Å²) in [5, 5.41) is 3.11. The van der Waals surface area contributed by atoms with Crippen LogP contribution in [0.4, 0.5) is 0 Å². The minimum absolute atomic E-state index is 0.232. The van der Waals surface area contributed by atoms with E-state index in [1.54, 1.807) is 0 Å². The average molecular weight is 215 g/mol. The molecule has 1 unspecified atom stereocenters. The first kappa shape index (κ1) is 14.4. The van der Waals surface area contributed by atoms with Crippen LogP contribution in [0.2, 0.25) is 0 Å². The highest BCUT2D eigenvalue weighted by Crippen LogP contribution is 2.01. The largest absolute Gasteiger partial charge is 0.368 e. The molecule has 0 aliphatic carbocycles. The standard InChI is InChI=1S/C11H25N3O/c1-5-7-14(9(3)4)8-10(11(12)15)13-6-2/h9-10,13H,5-8H2,1-4H3,(H2,12,15). The average Bonchev–Trinajstić information content (AvgIpc) is 2.15. The highest BCUT2D eigenvalue weighted by Gasteiger charge is 2.19. The third kappa shape index (κ3) is 5.74. The number of nitrogens with one attached hydrogen (secondary N) is 1. The van der Waals surface area contributed by atoms with Gasteiger partial charge in [0, 0.05) is 12.6 Å². The Hall–Kier alpha value is -0.610. The Morgan fingerprint density at radius 2 is 2.00 bits per heavy atom. The fourth-order valence-corrected chi connectivity index (χ4v) is 1.58. The lowest BCUT2D eigenvalue weighted by molar-refractivity contribution is -0.120. The molecule has 0 saturated heterocycles. The predicted octanol–water partition coefficient (Wildman–Crippen LogP) is 0.570. The summed E-state index contributed by atoms with van der Waals surface area (Å²) in [6, 6.07) is 0.217. The number of primary amides is 1. The van der Waals surface area contributed by atoms with E-state index in [4.69, 9.17) is 5.73 Å². The molecule has 15 heavy (non-hydrogen) atoms. The molecular weight excluding hydrogens is 190 g/mol. The minimum Gasteiger partial charge on any atom is -0.368 e. The molecule has 1 atom stereocenters. The number of amides is 1. The Labute approximate surface area is 93.2 Å². The Balaban J connectivity index is 4.25. The number of nitrogens with two attached hydrogens (primary N) is 1. The molecule has 0 aliphatic rings. The molecule has 0 bridgehead atoms. The van der Waals surface area contributed by atoms with Crippen LogP contribution >= 0.6 is 0 Å². The third-order valence-corrected chi connectivity index (χ3v) is 2.45. The van der Waals surface area contributed by atoms with Crippen LogP contribution in [-0.2, 0) is 4.79 Å². The van der Waals surface area contributed by atoms with Crippen LogP contribution in [0.5, 0.6) is 0 Å². The molecule has 3 N–H and O–H groups in total. The quantitative estimate of drug-likeness (QED) is 0.622. The molecule has 0 heterocycles. The molecule has 4 heteroatoms. The molecule has 0 spiro atoms. The topological polar surface area (TPSA) is 58.4 Å². The second-order valence-electron chi connectivity index (χ2n) is 4.10. The van der Waals surface area contributed by atoms with Crippen LogP contribution < -0.4 is 11.1 Å². The van der Waals surface area contributed by atoms with Gasteiger partial charge in [0.15, 0.2) is 0 Å². The lowest BCUT2D eigenvalue weighted by Gasteiger charge is -2.29. The van der Waals surface area contributed by atoms with E-state index in [0.717, 1.165) is 19.5 Å². The Morgan fingerprint density at radius 3 is 2.33 bits per heavy atom. The zero-order valence-electron chi connectivity index (χ0n) is 10.4. The predicted molar refractivity (Wildman–Crippen MR) is 63.7 cm³/mol. The van der Waals surface area contributed by atoms with Crippen molar-refractivity contribution in [2.75, 3.05) is 19.6 Å². The molecule has 0 aromatic carbocycles. The van der Waals surface area contributed by atoms with Gasteiger partial charge in [0.25, 0.3) is 0 Å². The van der Waals surface area contributed by atoms with Crippen LogP contribution in [0.3, 0.4) is 0 Å². The second-order valence-corrected chi connectivity index (χ2v) is 4.10. The highest BCUT2D eigenvalue weighted by molar-refractivity contribution is 5.80. The normalized spacial score (nSPS) is 13.5. The molecule has 4 nitrogen and oxygen atoms in total. The van der Waals surface area contributed by atoms with E-state index < -0.39 is 0 Å². The first-order chi connectivity index (χ1) is 7.02. The van der Waals surface area contributed by atoms with Gasteiger partial charge in [0.2, 0.25) is 5.91 Å². The first-order valence-electron chi connectivity index (χ1n) is 5.79. The molecule has 0 radical (unpaired) electrons. The number of nitrogens with zero attached hydrogens (tertiary/aromatic N) is 1. The minimum atomic E-state index is -0.265. The molecule has 90 valence electrons. The van der Waals surface area contributed by atoms with Crippen molar-refractivity contribution in [2.24, 2.45) is 5.73 Å². The third-order valence-electron chi connectivity index (χ3n) is 2.45. The van der Waals surface area contributed by atoms with Gasteiger partial charge in [-0.15, -0.1) is 0 Å². The van der Waals surface area contributed by atoms with Crippen molar-refractivity contribution in [1.29, 1.82) is 0 Å². The van der Waals surface area contributed by atoms with Gasteiger partial charge >= 0.3 is 0 Å². The van der Waals surface area contributed by atoms with E-state index in [9.17, 15) is 4.79 Å². The summed E-state index contributed by atoms with van der Waals surface area (Å²) in [6.45, 7) is 10.9. The van der Waals surface area contributed by atoms with Crippen molar-refractivity contribution in [3.05, 3.63) is 0 Å². The molecular formula is C11H25N3O. The van der Waals surface area contributed by atoms with E-state index in [0.29, 0.717) is 12.6 Å². The Morgan fingerprint density at radius 1 is 1.40 bits per heavy atom. The van der Waals surface area contributed by atoms with Crippen LogP contribution in [-0.4, -0.2) is 42.5 Å². The lowest BCUT2D eigenvalue weighted by Crippen LogP contribution is -2.50. The van der Waals surface area contributed by atoms with Gasteiger partial charge in [-0.25, -0.2) is 0 Å². The number of hydrogen-bond acceptors (Lipinski definition) is 3. The molecule has 0 rings (SSSR count). The van der Waals surface area contributed by atoms with Gasteiger partial charge in [-0.05, 0) is 33.4 Å². The van der Waals surface area contributed by atoms with Gasteiger partial charge in [0.05, 0.1) is 6.04 Å². The molecule has 0 aromatic rings. The van der Waals surface area contributed by atoms with Crippen molar-refractivity contribution < 1.29 is 4.79 Å². The van der Waals surface area contributed by atoms with Crippen molar-refractivity contribution in [2.45, 2.75) is 46.2 Å². The van der Waals surface area contributed by atoms with Crippen LogP contribution in [0.25, 0.3) is 0 Å². The van der Waals surface area contributed by atoms with Crippen molar-refractivity contribution in [1.82, 2.24) is 10.2 Å². The molecule has 1 amide bonds. The zero-order chi connectivity index (χ0) is 11.8. The monoisotopic (exact) mass is 215 g/mol. The van der Waals surface area contributed by atoms with E-state index in [-0.39, 0.29) is 11.9 Å². The smallest absolute Gasteiger partial charge is 0.235 e. The highest BCUT2D eigenvalue weighted by atomic mass is 16.1. The van der Waals surface area contributed by atoms with E-state index in [1.165, 1.54) is 0 Å². The fourth-order valence-electron chi connectivity index (χ4n) is 1.58. The van der Waals surface area contributed by atoms with Crippen molar-refractivity contribution in [3.8, 4) is 0 Å². The van der Waals surface area contributed by atoms with E-state index in [2.05, 4.69) is 31.0 Å².